The van der Waals surface area contributed by atoms with E-state index in [4.69, 9.17) is 11.6 Å². The molecule has 0 bridgehead atoms. The van der Waals surface area contributed by atoms with Crippen LogP contribution in [0.3, 0.4) is 0 Å². The molecule has 0 saturated heterocycles. The molecule has 3 aromatic rings. The molecule has 1 heterocycles. The van der Waals surface area contributed by atoms with Gasteiger partial charge in [-0.05, 0) is 48.0 Å². The minimum atomic E-state index is -0.869. The molecule has 0 aliphatic heterocycles. The highest BCUT2D eigenvalue weighted by Crippen LogP contribution is 2.19. The molecule has 0 atom stereocenters. The van der Waals surface area contributed by atoms with Crippen molar-refractivity contribution >= 4 is 29.0 Å². The number of amides is 1. The molecule has 0 saturated carbocycles. The number of hydrogen-bond donors (Lipinski definition) is 1. The SMILES string of the molecule is O=C(Nc1ccc(F)c(Cl)c1)C(=O)c1cccn1Cc1ccc(F)cc1. The first-order chi connectivity index (χ1) is 12.4. The number of carbonyl (C=O) groups excluding carboxylic acids is 2. The lowest BCUT2D eigenvalue weighted by atomic mass is 10.2. The lowest BCUT2D eigenvalue weighted by molar-refractivity contribution is -0.112. The summed E-state index contributed by atoms with van der Waals surface area (Å²) in [6.45, 7) is 0.310. The van der Waals surface area contributed by atoms with Crippen LogP contribution in [0.4, 0.5) is 14.5 Å². The second kappa shape index (κ2) is 7.49. The van der Waals surface area contributed by atoms with Crippen molar-refractivity contribution in [3.8, 4) is 0 Å². The van der Waals surface area contributed by atoms with E-state index in [9.17, 15) is 18.4 Å². The van der Waals surface area contributed by atoms with Gasteiger partial charge in [-0.25, -0.2) is 8.78 Å². The Morgan fingerprint density at radius 2 is 1.77 bits per heavy atom. The largest absolute Gasteiger partial charge is 0.340 e. The first-order valence-corrected chi connectivity index (χ1v) is 8.02. The first-order valence-electron chi connectivity index (χ1n) is 7.64. The molecule has 26 heavy (non-hydrogen) atoms. The number of Topliss-reactive ketones (excluding diaryl/α,β-unsaturated/α-hetero) is 1. The van der Waals surface area contributed by atoms with Gasteiger partial charge in [-0.2, -0.15) is 0 Å². The molecule has 132 valence electrons. The van der Waals surface area contributed by atoms with Gasteiger partial charge in [-0.1, -0.05) is 23.7 Å². The molecule has 0 aliphatic rings. The molecule has 0 spiro atoms. The summed E-state index contributed by atoms with van der Waals surface area (Å²) < 4.78 is 27.7. The third-order valence-corrected chi connectivity index (χ3v) is 4.00. The molecule has 1 aromatic heterocycles. The molecule has 0 unspecified atom stereocenters. The van der Waals surface area contributed by atoms with E-state index in [-0.39, 0.29) is 22.2 Å². The Morgan fingerprint density at radius 1 is 1.04 bits per heavy atom. The van der Waals surface area contributed by atoms with Crippen LogP contribution in [0.5, 0.6) is 0 Å². The normalized spacial score (nSPS) is 10.6. The predicted octanol–water partition coefficient (Wildman–Crippen LogP) is 4.29. The summed E-state index contributed by atoms with van der Waals surface area (Å²) in [5, 5.41) is 2.24. The Bertz CT molecular complexity index is 968. The molecule has 2 aromatic carbocycles. The molecular formula is C19H13ClF2N2O2. The van der Waals surface area contributed by atoms with Crippen molar-refractivity contribution in [3.05, 3.63) is 88.7 Å². The van der Waals surface area contributed by atoms with Crippen LogP contribution in [-0.4, -0.2) is 16.3 Å². The summed E-state index contributed by atoms with van der Waals surface area (Å²) in [7, 11) is 0. The van der Waals surface area contributed by atoms with Crippen molar-refractivity contribution in [1.82, 2.24) is 4.57 Å². The number of anilines is 1. The standard InChI is InChI=1S/C19H13ClF2N2O2/c20-15-10-14(7-8-16(15)22)23-19(26)18(25)17-2-1-9-24(17)11-12-3-5-13(21)6-4-12/h1-10H,11H2,(H,23,26). The summed E-state index contributed by atoms with van der Waals surface area (Å²) in [6, 6.07) is 12.6. The maximum atomic E-state index is 13.2. The summed E-state index contributed by atoms with van der Waals surface area (Å²) in [6.07, 6.45) is 1.65. The Hall–Kier alpha value is -2.99. The molecule has 0 aliphatic carbocycles. The van der Waals surface area contributed by atoms with Gasteiger partial charge in [0, 0.05) is 18.4 Å². The minimum Gasteiger partial charge on any atom is -0.340 e. The maximum Gasteiger partial charge on any atom is 0.298 e. The van der Waals surface area contributed by atoms with Crippen LogP contribution in [0.2, 0.25) is 5.02 Å². The molecule has 7 heteroatoms. The van der Waals surface area contributed by atoms with Gasteiger partial charge in [0.2, 0.25) is 0 Å². The topological polar surface area (TPSA) is 51.1 Å². The molecule has 3 rings (SSSR count). The summed E-state index contributed by atoms with van der Waals surface area (Å²) in [5.41, 5.74) is 1.17. The fourth-order valence-corrected chi connectivity index (χ4v) is 2.60. The second-order valence-electron chi connectivity index (χ2n) is 5.56. The van der Waals surface area contributed by atoms with Crippen LogP contribution >= 0.6 is 11.6 Å². The van der Waals surface area contributed by atoms with Crippen molar-refractivity contribution in [2.24, 2.45) is 0 Å². The van der Waals surface area contributed by atoms with Gasteiger partial charge in [0.25, 0.3) is 11.7 Å². The number of nitrogens with one attached hydrogen (secondary N) is 1. The van der Waals surface area contributed by atoms with Gasteiger partial charge in [-0.3, -0.25) is 9.59 Å². The Morgan fingerprint density at radius 3 is 2.46 bits per heavy atom. The van der Waals surface area contributed by atoms with E-state index < -0.39 is 17.5 Å². The number of rotatable bonds is 5. The lowest BCUT2D eigenvalue weighted by Crippen LogP contribution is -2.25. The number of hydrogen-bond acceptors (Lipinski definition) is 2. The lowest BCUT2D eigenvalue weighted by Gasteiger charge is -2.09. The average Bonchev–Trinajstić information content (AvgIpc) is 3.07. The monoisotopic (exact) mass is 374 g/mol. The molecule has 4 nitrogen and oxygen atoms in total. The average molecular weight is 375 g/mol. The van der Waals surface area contributed by atoms with Crippen LogP contribution in [0, 0.1) is 11.6 Å². The molecule has 1 amide bonds. The zero-order valence-electron chi connectivity index (χ0n) is 13.4. The summed E-state index contributed by atoms with van der Waals surface area (Å²) in [4.78, 5) is 24.6. The van der Waals surface area contributed by atoms with Crippen molar-refractivity contribution in [2.45, 2.75) is 6.54 Å². The van der Waals surface area contributed by atoms with Gasteiger partial charge in [0.1, 0.15) is 11.6 Å². The Balaban J connectivity index is 1.75. The Kier molecular flexibility index (Phi) is 5.14. The quantitative estimate of drug-likeness (QED) is 0.535. The van der Waals surface area contributed by atoms with E-state index in [2.05, 4.69) is 5.32 Å². The van der Waals surface area contributed by atoms with E-state index in [0.717, 1.165) is 11.6 Å². The van der Waals surface area contributed by atoms with Gasteiger partial charge in [0.05, 0.1) is 10.7 Å². The maximum absolute atomic E-state index is 13.2. The van der Waals surface area contributed by atoms with Crippen LogP contribution in [-0.2, 0) is 11.3 Å². The van der Waals surface area contributed by atoms with Crippen molar-refractivity contribution in [1.29, 1.82) is 0 Å². The number of ketones is 1. The third kappa shape index (κ3) is 3.97. The minimum absolute atomic E-state index is 0.157. The van der Waals surface area contributed by atoms with E-state index >= 15 is 0 Å². The smallest absolute Gasteiger partial charge is 0.298 e. The summed E-state index contributed by atoms with van der Waals surface area (Å²) >= 11 is 5.66. The second-order valence-corrected chi connectivity index (χ2v) is 5.97. The highest BCUT2D eigenvalue weighted by Gasteiger charge is 2.20. The zero-order valence-corrected chi connectivity index (χ0v) is 14.1. The van der Waals surface area contributed by atoms with Crippen molar-refractivity contribution in [2.75, 3.05) is 5.32 Å². The van der Waals surface area contributed by atoms with Crippen LogP contribution in [0.25, 0.3) is 0 Å². The number of nitrogens with zero attached hydrogens (tertiary/aromatic N) is 1. The molecule has 0 fully saturated rings. The fraction of sp³-hybridized carbons (Fsp3) is 0.0526. The van der Waals surface area contributed by atoms with E-state index in [1.165, 1.54) is 30.3 Å². The van der Waals surface area contributed by atoms with Gasteiger partial charge in [0.15, 0.2) is 0 Å². The van der Waals surface area contributed by atoms with E-state index in [1.54, 1.807) is 29.0 Å². The molecular weight excluding hydrogens is 362 g/mol. The summed E-state index contributed by atoms with van der Waals surface area (Å²) in [5.74, 6) is -2.59. The first kappa shape index (κ1) is 17.8. The Labute approximate surface area is 153 Å². The molecule has 1 N–H and O–H groups in total. The number of aromatic nitrogens is 1. The third-order valence-electron chi connectivity index (χ3n) is 3.71. The van der Waals surface area contributed by atoms with Gasteiger partial charge in [-0.15, -0.1) is 0 Å². The van der Waals surface area contributed by atoms with Crippen LogP contribution < -0.4 is 5.32 Å². The molecule has 0 radical (unpaired) electrons. The predicted molar refractivity (Wildman–Crippen MR) is 94.3 cm³/mol. The van der Waals surface area contributed by atoms with Gasteiger partial charge < -0.3 is 9.88 Å². The number of halogens is 3. The van der Waals surface area contributed by atoms with Crippen molar-refractivity contribution < 1.29 is 18.4 Å². The zero-order chi connectivity index (χ0) is 18.7. The van der Waals surface area contributed by atoms with Crippen LogP contribution in [0.15, 0.2) is 60.8 Å². The fourth-order valence-electron chi connectivity index (χ4n) is 2.42. The van der Waals surface area contributed by atoms with Crippen molar-refractivity contribution in [3.63, 3.8) is 0 Å². The van der Waals surface area contributed by atoms with E-state index in [0.29, 0.717) is 6.54 Å². The highest BCUT2D eigenvalue weighted by molar-refractivity contribution is 6.46. The van der Waals surface area contributed by atoms with Crippen LogP contribution in [0.1, 0.15) is 16.1 Å². The number of carbonyl (C=O) groups is 2. The number of benzene rings is 2. The van der Waals surface area contributed by atoms with Gasteiger partial charge >= 0.3 is 0 Å². The van der Waals surface area contributed by atoms with E-state index in [1.807, 2.05) is 0 Å². The highest BCUT2D eigenvalue weighted by atomic mass is 35.5.